The number of hydrogen-bond acceptors (Lipinski definition) is 10. The summed E-state index contributed by atoms with van der Waals surface area (Å²) in [5.74, 6) is 0.615. The summed E-state index contributed by atoms with van der Waals surface area (Å²) in [6, 6.07) is 5.26. The van der Waals surface area contributed by atoms with Crippen LogP contribution in [0, 0.1) is 0 Å². The van der Waals surface area contributed by atoms with Crippen LogP contribution in [0.5, 0.6) is 5.75 Å². The van der Waals surface area contributed by atoms with E-state index in [0.717, 1.165) is 68.8 Å². The fourth-order valence-corrected chi connectivity index (χ4v) is 8.04. The van der Waals surface area contributed by atoms with Gasteiger partial charge in [-0.2, -0.15) is 0 Å². The summed E-state index contributed by atoms with van der Waals surface area (Å²) < 4.78 is 6.92. The number of phenolic OH excluding ortho intramolecular Hbond substituents is 1. The van der Waals surface area contributed by atoms with Crippen molar-refractivity contribution in [3.05, 3.63) is 49.3 Å². The molecular weight excluding hydrogens is 629 g/mol. The highest BCUT2D eigenvalue weighted by molar-refractivity contribution is 7.16. The summed E-state index contributed by atoms with van der Waals surface area (Å²) in [6.07, 6.45) is 7.02. The number of aliphatic hydroxyl groups is 1. The van der Waals surface area contributed by atoms with Gasteiger partial charge in [0.2, 0.25) is 0 Å². The molecule has 1 spiro atoms. The number of phenols is 1. The van der Waals surface area contributed by atoms with Crippen molar-refractivity contribution in [2.75, 3.05) is 52.4 Å². The zero-order valence-electron chi connectivity index (χ0n) is 26.8. The number of H-pyrrole nitrogens is 1. The third kappa shape index (κ3) is 9.61. The number of aromatic amines is 1. The van der Waals surface area contributed by atoms with Crippen molar-refractivity contribution >= 4 is 45.3 Å². The van der Waals surface area contributed by atoms with E-state index in [1.165, 1.54) is 30.2 Å². The molecule has 5 rings (SSSR count). The van der Waals surface area contributed by atoms with Crippen molar-refractivity contribution < 1.29 is 29.6 Å². The Morgan fingerprint density at radius 1 is 1.15 bits per heavy atom. The van der Waals surface area contributed by atoms with Crippen molar-refractivity contribution in [3.63, 3.8) is 0 Å². The number of benzene rings is 1. The van der Waals surface area contributed by atoms with E-state index in [2.05, 4.69) is 35.1 Å². The smallest absolute Gasteiger partial charge is 0.305 e. The van der Waals surface area contributed by atoms with E-state index < -0.39 is 6.10 Å². The Morgan fingerprint density at radius 2 is 1.87 bits per heavy atom. The van der Waals surface area contributed by atoms with Gasteiger partial charge in [-0.1, -0.05) is 50.5 Å². The van der Waals surface area contributed by atoms with Gasteiger partial charge in [0.1, 0.15) is 11.3 Å². The van der Waals surface area contributed by atoms with Gasteiger partial charge in [-0.25, -0.2) is 0 Å². The fourth-order valence-electron chi connectivity index (χ4n) is 6.22. The van der Waals surface area contributed by atoms with Crippen LogP contribution in [0.1, 0.15) is 91.6 Å². The molecule has 1 atom stereocenters. The van der Waals surface area contributed by atoms with Crippen LogP contribution >= 0.6 is 22.7 Å². The number of thiophene rings is 1. The average molecular weight is 677 g/mol. The van der Waals surface area contributed by atoms with E-state index in [9.17, 15) is 19.8 Å². The van der Waals surface area contributed by atoms with E-state index >= 15 is 0 Å². The Kier molecular flexibility index (Phi) is 13.6. The lowest BCUT2D eigenvalue weighted by Crippen LogP contribution is -2.58. The number of nitrogens with zero attached hydrogens (tertiary/aromatic N) is 2. The molecule has 13 heteroatoms. The van der Waals surface area contributed by atoms with Crippen LogP contribution in [-0.2, 0) is 9.53 Å². The topological polar surface area (TPSA) is 155 Å². The average Bonchev–Trinajstić information content (AvgIpc) is 3.69. The first-order valence-electron chi connectivity index (χ1n) is 16.2. The molecule has 0 aliphatic carbocycles. The van der Waals surface area contributed by atoms with Crippen molar-refractivity contribution in [1.29, 1.82) is 0 Å². The predicted octanol–water partition coefficient (Wildman–Crippen LogP) is 4.76. The third-order valence-electron chi connectivity index (χ3n) is 8.85. The van der Waals surface area contributed by atoms with E-state index in [4.69, 9.17) is 14.6 Å². The molecule has 5 N–H and O–H groups in total. The van der Waals surface area contributed by atoms with Gasteiger partial charge < -0.3 is 40.2 Å². The molecule has 1 amide bonds. The molecule has 0 radical (unpaired) electrons. The molecule has 1 unspecified atom stereocenters. The van der Waals surface area contributed by atoms with Gasteiger partial charge >= 0.3 is 4.87 Å². The number of hydrogen-bond donors (Lipinski definition) is 5. The van der Waals surface area contributed by atoms with Crippen LogP contribution in [-0.4, -0.2) is 101 Å². The van der Waals surface area contributed by atoms with Gasteiger partial charge in [0.15, 0.2) is 0 Å². The number of fused-ring (bicyclic) bond motifs is 1. The number of morpholine rings is 1. The van der Waals surface area contributed by atoms with Crippen LogP contribution in [0.4, 0.5) is 0 Å². The number of unbranched alkanes of at least 4 members (excludes halogenated alkanes) is 4. The summed E-state index contributed by atoms with van der Waals surface area (Å²) >= 11 is 2.69. The minimum absolute atomic E-state index is 0.0225. The maximum Gasteiger partial charge on any atom is 0.305 e. The third-order valence-corrected chi connectivity index (χ3v) is 11.0. The molecule has 2 saturated heterocycles. The van der Waals surface area contributed by atoms with Gasteiger partial charge in [0.25, 0.3) is 12.4 Å². The highest BCUT2D eigenvalue weighted by Gasteiger charge is 2.41. The summed E-state index contributed by atoms with van der Waals surface area (Å²) in [5, 5.41) is 32.8. The minimum atomic E-state index is -0.736. The Labute approximate surface area is 278 Å². The highest BCUT2D eigenvalue weighted by atomic mass is 32.1. The second-order valence-corrected chi connectivity index (χ2v) is 14.4. The fraction of sp³-hybridized carbons (Fsp3) is 0.606. The highest BCUT2D eigenvalue weighted by Crippen LogP contribution is 2.33. The van der Waals surface area contributed by atoms with Gasteiger partial charge in [0, 0.05) is 42.0 Å². The number of amides is 1. The Balaban J connectivity index is 0.00000154. The monoisotopic (exact) mass is 676 g/mol. The SMILES string of the molecule is CC(C)c1cc(C(=O)N2CCOC3(CCN(CCCCCCCNCC(O)c4ccc(O)c5[nH]c(=O)sc45)CC3)C2)cs1.O=CO. The number of likely N-dealkylation sites (tertiary alicyclic amines) is 1. The number of piperidine rings is 1. The first-order valence-corrected chi connectivity index (χ1v) is 17.9. The number of carboxylic acid groups (broad SMARTS) is 1. The molecule has 3 aromatic rings. The number of aliphatic hydroxyl groups excluding tert-OH is 1. The van der Waals surface area contributed by atoms with E-state index in [1.54, 1.807) is 17.4 Å². The number of rotatable bonds is 13. The summed E-state index contributed by atoms with van der Waals surface area (Å²) in [4.78, 5) is 41.5. The number of thiazole rings is 1. The largest absolute Gasteiger partial charge is 0.506 e. The van der Waals surface area contributed by atoms with Gasteiger partial charge in [-0.05, 0) is 56.8 Å². The van der Waals surface area contributed by atoms with Gasteiger partial charge in [-0.15, -0.1) is 11.3 Å². The van der Waals surface area contributed by atoms with Crippen LogP contribution in [0.15, 0.2) is 28.4 Å². The summed E-state index contributed by atoms with van der Waals surface area (Å²) in [5.41, 5.74) is 1.68. The molecule has 11 nitrogen and oxygen atoms in total. The summed E-state index contributed by atoms with van der Waals surface area (Å²) in [6.45, 7) is 10.5. The number of aromatic hydroxyl groups is 1. The molecule has 254 valence electrons. The number of nitrogens with one attached hydrogen (secondary N) is 2. The zero-order valence-corrected chi connectivity index (χ0v) is 28.5. The standard InChI is InChI=1S/C32H46N4O5S2.CH2O2/c1-22(2)27-18-23(20-42-27)30(39)36-16-17-41-32(21-36)10-14-35(15-11-32)13-7-5-3-4-6-12-33-19-26(38)24-8-9-25(37)28-29(24)43-31(40)34-28;2-1-3/h8-9,18,20,22,26,33,37-38H,3-7,10-17,19,21H2,1-2H3,(H,34,40);1H,(H,2,3). The van der Waals surface area contributed by atoms with Gasteiger partial charge in [0.05, 0.1) is 35.1 Å². The van der Waals surface area contributed by atoms with Gasteiger partial charge in [-0.3, -0.25) is 14.4 Å². The van der Waals surface area contributed by atoms with Crippen molar-refractivity contribution in [3.8, 4) is 5.75 Å². The van der Waals surface area contributed by atoms with Crippen molar-refractivity contribution in [2.45, 2.75) is 76.4 Å². The van der Waals surface area contributed by atoms with E-state index in [1.807, 2.05) is 10.3 Å². The maximum absolute atomic E-state index is 13.2. The molecule has 0 saturated carbocycles. The second-order valence-electron chi connectivity index (χ2n) is 12.5. The maximum atomic E-state index is 13.2. The van der Waals surface area contributed by atoms with E-state index in [-0.39, 0.29) is 28.6 Å². The van der Waals surface area contributed by atoms with E-state index in [0.29, 0.717) is 47.9 Å². The number of carbonyl (C=O) groups excluding carboxylic acids is 1. The molecule has 46 heavy (non-hydrogen) atoms. The molecule has 2 fully saturated rings. The molecule has 1 aromatic carbocycles. The number of aromatic nitrogens is 1. The zero-order chi connectivity index (χ0) is 33.1. The quantitative estimate of drug-likeness (QED) is 0.127. The molecule has 2 aliphatic rings. The number of ether oxygens (including phenoxy) is 1. The Morgan fingerprint density at radius 3 is 2.59 bits per heavy atom. The van der Waals surface area contributed by atoms with Crippen molar-refractivity contribution in [1.82, 2.24) is 20.1 Å². The first kappa shape index (κ1) is 36.0. The lowest BCUT2D eigenvalue weighted by molar-refractivity contribution is -0.127. The normalized spacial score (nSPS) is 17.3. The molecule has 4 heterocycles. The number of carbonyl (C=O) groups is 2. The van der Waals surface area contributed by atoms with Crippen LogP contribution < -0.4 is 10.2 Å². The van der Waals surface area contributed by atoms with Crippen molar-refractivity contribution in [2.24, 2.45) is 0 Å². The minimum Gasteiger partial charge on any atom is -0.506 e. The predicted molar refractivity (Wildman–Crippen MR) is 182 cm³/mol. The van der Waals surface area contributed by atoms with Crippen LogP contribution in [0.3, 0.4) is 0 Å². The molecule has 2 aliphatic heterocycles. The molecule has 2 aromatic heterocycles. The lowest BCUT2D eigenvalue weighted by Gasteiger charge is -2.47. The molecular formula is C33H48N4O7S2. The Hall–Kier alpha value is -2.81. The van der Waals surface area contributed by atoms with Crippen LogP contribution in [0.25, 0.3) is 10.2 Å². The first-order chi connectivity index (χ1) is 22.2. The Bertz CT molecular complexity index is 1460. The summed E-state index contributed by atoms with van der Waals surface area (Å²) in [7, 11) is 0. The molecule has 0 bridgehead atoms. The van der Waals surface area contributed by atoms with Crippen LogP contribution in [0.2, 0.25) is 0 Å². The lowest BCUT2D eigenvalue weighted by atomic mass is 9.89. The second kappa shape index (κ2) is 17.4.